The van der Waals surface area contributed by atoms with Gasteiger partial charge in [-0.25, -0.2) is 8.42 Å². The molecule has 1 heterocycles. The molecule has 0 aliphatic heterocycles. The van der Waals surface area contributed by atoms with Crippen molar-refractivity contribution < 1.29 is 17.9 Å². The molecule has 2 aromatic carbocycles. The van der Waals surface area contributed by atoms with E-state index in [1.807, 2.05) is 27.7 Å². The minimum absolute atomic E-state index is 0.0984. The number of hydrogen-bond acceptors (Lipinski definition) is 8. The maximum absolute atomic E-state index is 13.5. The van der Waals surface area contributed by atoms with Crippen LogP contribution in [0.25, 0.3) is 0 Å². The van der Waals surface area contributed by atoms with E-state index in [-0.39, 0.29) is 4.90 Å². The van der Waals surface area contributed by atoms with Crippen molar-refractivity contribution in [2.45, 2.75) is 42.2 Å². The molecule has 1 N–H and O–H groups in total. The fraction of sp³-hybridized carbons (Fsp3) is 0.318. The second-order valence-electron chi connectivity index (χ2n) is 7.34. The summed E-state index contributed by atoms with van der Waals surface area (Å²) in [5, 5.41) is 11.3. The van der Waals surface area contributed by atoms with Crippen LogP contribution in [0.4, 0.5) is 10.8 Å². The van der Waals surface area contributed by atoms with E-state index < -0.39 is 22.5 Å². The highest BCUT2D eigenvalue weighted by Crippen LogP contribution is 2.29. The molecular weight excluding hydrogens is 480 g/mol. The molecule has 0 aliphatic rings. The summed E-state index contributed by atoms with van der Waals surface area (Å²) < 4.78 is 34.2. The van der Waals surface area contributed by atoms with Crippen LogP contribution in [0.2, 0.25) is 0 Å². The number of amides is 1. The number of hydrogen-bond donors (Lipinski definition) is 1. The van der Waals surface area contributed by atoms with E-state index in [1.54, 1.807) is 48.2 Å². The van der Waals surface area contributed by atoms with Gasteiger partial charge in [-0.1, -0.05) is 54.6 Å². The number of aromatic nitrogens is 2. The highest BCUT2D eigenvalue weighted by Gasteiger charge is 2.27. The van der Waals surface area contributed by atoms with Gasteiger partial charge in [0.1, 0.15) is 12.3 Å². The minimum Gasteiger partial charge on any atom is -0.494 e. The fourth-order valence-corrected chi connectivity index (χ4v) is 6.24. The number of sulfonamides is 1. The Morgan fingerprint density at radius 1 is 1.12 bits per heavy atom. The zero-order valence-electron chi connectivity index (χ0n) is 18.8. The Morgan fingerprint density at radius 2 is 1.79 bits per heavy atom. The summed E-state index contributed by atoms with van der Waals surface area (Å²) in [7, 11) is -4.00. The SMILES string of the molecule is CCOc1ccc(N(CC(=O)Nc2nnc(SC(C)C)s2)S(=O)(=O)c2ccc(C)cc2)cc1. The van der Waals surface area contributed by atoms with Crippen molar-refractivity contribution in [1.29, 1.82) is 0 Å². The fourth-order valence-electron chi connectivity index (χ4n) is 2.83. The highest BCUT2D eigenvalue weighted by molar-refractivity contribution is 8.01. The van der Waals surface area contributed by atoms with Gasteiger partial charge in [-0.2, -0.15) is 0 Å². The molecule has 8 nitrogen and oxygen atoms in total. The number of nitrogens with one attached hydrogen (secondary N) is 1. The Kier molecular flexibility index (Phi) is 8.33. The van der Waals surface area contributed by atoms with E-state index in [2.05, 4.69) is 15.5 Å². The molecule has 3 rings (SSSR count). The maximum atomic E-state index is 13.5. The van der Waals surface area contributed by atoms with Crippen LogP contribution in [0.5, 0.6) is 5.75 Å². The van der Waals surface area contributed by atoms with E-state index in [4.69, 9.17) is 4.74 Å². The highest BCUT2D eigenvalue weighted by atomic mass is 32.2. The number of carbonyl (C=O) groups excluding carboxylic acids is 1. The summed E-state index contributed by atoms with van der Waals surface area (Å²) in [5.74, 6) is 0.0965. The van der Waals surface area contributed by atoms with Crippen LogP contribution >= 0.6 is 23.1 Å². The molecule has 0 saturated carbocycles. The molecule has 1 aromatic heterocycles. The zero-order chi connectivity index (χ0) is 24.0. The zero-order valence-corrected chi connectivity index (χ0v) is 21.3. The molecule has 33 heavy (non-hydrogen) atoms. The van der Waals surface area contributed by atoms with Crippen LogP contribution in [0.1, 0.15) is 26.3 Å². The minimum atomic E-state index is -4.00. The van der Waals surface area contributed by atoms with Crippen LogP contribution in [0, 0.1) is 6.92 Å². The summed E-state index contributed by atoms with van der Waals surface area (Å²) in [4.78, 5) is 12.9. The summed E-state index contributed by atoms with van der Waals surface area (Å²) >= 11 is 2.79. The summed E-state index contributed by atoms with van der Waals surface area (Å²) in [6.45, 7) is 7.89. The topological polar surface area (TPSA) is 101 Å². The third-order valence-corrected chi connectivity index (χ3v) is 8.04. The molecule has 11 heteroatoms. The van der Waals surface area contributed by atoms with Gasteiger partial charge in [0.25, 0.3) is 10.0 Å². The van der Waals surface area contributed by atoms with Crippen LogP contribution < -0.4 is 14.4 Å². The second-order valence-corrected chi connectivity index (χ2v) is 12.0. The average Bonchev–Trinajstić information content (AvgIpc) is 3.19. The quantitative estimate of drug-likeness (QED) is 0.317. The number of nitrogens with zero attached hydrogens (tertiary/aromatic N) is 3. The Balaban J connectivity index is 1.87. The van der Waals surface area contributed by atoms with Gasteiger partial charge in [-0.05, 0) is 50.2 Å². The van der Waals surface area contributed by atoms with Crippen LogP contribution in [0.3, 0.4) is 0 Å². The van der Waals surface area contributed by atoms with Crippen molar-refractivity contribution in [2.75, 3.05) is 22.8 Å². The first-order valence-corrected chi connectivity index (χ1v) is 13.4. The van der Waals surface area contributed by atoms with E-state index in [0.717, 1.165) is 14.2 Å². The van der Waals surface area contributed by atoms with Crippen molar-refractivity contribution in [3.05, 3.63) is 54.1 Å². The van der Waals surface area contributed by atoms with Crippen molar-refractivity contribution >= 4 is 49.8 Å². The molecule has 3 aromatic rings. The summed E-state index contributed by atoms with van der Waals surface area (Å²) in [5.41, 5.74) is 1.29. The van der Waals surface area contributed by atoms with Crippen molar-refractivity contribution in [2.24, 2.45) is 0 Å². The van der Waals surface area contributed by atoms with E-state index in [1.165, 1.54) is 23.5 Å². The van der Waals surface area contributed by atoms with Gasteiger partial charge < -0.3 is 4.74 Å². The number of carbonyl (C=O) groups is 1. The standard InChI is InChI=1S/C22H26N4O4S3/c1-5-30-18-10-8-17(9-11-18)26(33(28,29)19-12-6-16(4)7-13-19)14-20(27)23-21-24-25-22(32-21)31-15(2)3/h6-13,15H,5,14H2,1-4H3,(H,23,24,27). The van der Waals surface area contributed by atoms with E-state index in [9.17, 15) is 13.2 Å². The Labute approximate surface area is 202 Å². The van der Waals surface area contributed by atoms with Crippen molar-refractivity contribution in [3.8, 4) is 5.75 Å². The molecule has 0 aliphatic carbocycles. The largest absolute Gasteiger partial charge is 0.494 e. The average molecular weight is 507 g/mol. The van der Waals surface area contributed by atoms with Crippen molar-refractivity contribution in [1.82, 2.24) is 10.2 Å². The summed E-state index contributed by atoms with van der Waals surface area (Å²) in [6, 6.07) is 13.1. The second kappa shape index (κ2) is 11.0. The normalized spacial score (nSPS) is 11.4. The lowest BCUT2D eigenvalue weighted by atomic mass is 10.2. The van der Waals surface area contributed by atoms with Crippen LogP contribution in [-0.2, 0) is 14.8 Å². The van der Waals surface area contributed by atoms with Gasteiger partial charge in [-0.15, -0.1) is 10.2 Å². The first-order valence-electron chi connectivity index (χ1n) is 10.3. The Morgan fingerprint density at radius 3 is 2.39 bits per heavy atom. The molecule has 176 valence electrons. The lowest BCUT2D eigenvalue weighted by Crippen LogP contribution is -2.38. The molecule has 0 bridgehead atoms. The third-order valence-electron chi connectivity index (χ3n) is 4.32. The number of benzene rings is 2. The van der Waals surface area contributed by atoms with Gasteiger partial charge in [0.05, 0.1) is 17.2 Å². The maximum Gasteiger partial charge on any atom is 0.264 e. The number of ether oxygens (including phenoxy) is 1. The monoisotopic (exact) mass is 506 g/mol. The molecule has 0 fully saturated rings. The van der Waals surface area contributed by atoms with E-state index in [0.29, 0.717) is 28.4 Å². The summed E-state index contributed by atoms with van der Waals surface area (Å²) in [6.07, 6.45) is 0. The number of thioether (sulfide) groups is 1. The van der Waals surface area contributed by atoms with Gasteiger partial charge in [-0.3, -0.25) is 14.4 Å². The molecular formula is C22H26N4O4S3. The van der Waals surface area contributed by atoms with Gasteiger partial charge in [0, 0.05) is 5.25 Å². The first kappa shape index (κ1) is 25.0. The van der Waals surface area contributed by atoms with Crippen molar-refractivity contribution in [3.63, 3.8) is 0 Å². The molecule has 0 atom stereocenters. The van der Waals surface area contributed by atoms with Gasteiger partial charge >= 0.3 is 0 Å². The van der Waals surface area contributed by atoms with Crippen LogP contribution in [0.15, 0.2) is 57.8 Å². The molecule has 0 saturated heterocycles. The number of anilines is 2. The van der Waals surface area contributed by atoms with E-state index >= 15 is 0 Å². The van der Waals surface area contributed by atoms with Crippen LogP contribution in [-0.4, -0.2) is 42.9 Å². The molecule has 0 radical (unpaired) electrons. The molecule has 0 unspecified atom stereocenters. The lowest BCUT2D eigenvalue weighted by molar-refractivity contribution is -0.114. The first-order chi connectivity index (χ1) is 15.7. The Hall–Kier alpha value is -2.63. The lowest BCUT2D eigenvalue weighted by Gasteiger charge is -2.24. The van der Waals surface area contributed by atoms with Gasteiger partial charge in [0.15, 0.2) is 4.34 Å². The Bertz CT molecular complexity index is 1180. The number of aryl methyl sites for hydroxylation is 1. The molecule has 0 spiro atoms. The molecule has 1 amide bonds. The third kappa shape index (κ3) is 6.68. The predicted octanol–water partition coefficient (Wildman–Crippen LogP) is 4.58. The number of rotatable bonds is 10. The smallest absolute Gasteiger partial charge is 0.264 e. The predicted molar refractivity (Wildman–Crippen MR) is 133 cm³/mol. The van der Waals surface area contributed by atoms with Gasteiger partial charge in [0.2, 0.25) is 11.0 Å².